The standard InChI is InChI=1S/C12H13ClN2O3/c1-17-8-4-6-3-7(5-16)12(13)15-10(6)9(14)11(8)18-2/h3-4,16H,5,14H2,1-2H3. The monoisotopic (exact) mass is 268 g/mol. The third-order valence-corrected chi connectivity index (χ3v) is 3.01. The van der Waals surface area contributed by atoms with Crippen molar-refractivity contribution in [1.29, 1.82) is 0 Å². The van der Waals surface area contributed by atoms with Crippen molar-refractivity contribution in [3.05, 3.63) is 22.8 Å². The van der Waals surface area contributed by atoms with E-state index >= 15 is 0 Å². The van der Waals surface area contributed by atoms with Gasteiger partial charge in [-0.15, -0.1) is 0 Å². The number of nitrogens with two attached hydrogens (primary N) is 1. The molecular formula is C12H13ClN2O3. The number of benzene rings is 1. The fourth-order valence-corrected chi connectivity index (χ4v) is 1.99. The second-order valence-electron chi connectivity index (χ2n) is 3.69. The summed E-state index contributed by atoms with van der Waals surface area (Å²) in [6.45, 7) is -0.185. The average molecular weight is 269 g/mol. The molecule has 1 heterocycles. The lowest BCUT2D eigenvalue weighted by atomic mass is 10.1. The number of halogens is 1. The first kappa shape index (κ1) is 12.7. The number of aliphatic hydroxyl groups is 1. The average Bonchev–Trinajstić information content (AvgIpc) is 2.38. The van der Waals surface area contributed by atoms with E-state index in [2.05, 4.69) is 4.98 Å². The van der Waals surface area contributed by atoms with Crippen LogP contribution >= 0.6 is 11.6 Å². The number of rotatable bonds is 3. The predicted octanol–water partition coefficient (Wildman–Crippen LogP) is 1.98. The van der Waals surface area contributed by atoms with Crippen molar-refractivity contribution in [2.45, 2.75) is 6.61 Å². The minimum absolute atomic E-state index is 0.185. The molecular weight excluding hydrogens is 256 g/mol. The number of ether oxygens (including phenoxy) is 2. The molecule has 2 rings (SSSR count). The van der Waals surface area contributed by atoms with Gasteiger partial charge < -0.3 is 20.3 Å². The van der Waals surface area contributed by atoms with E-state index in [0.29, 0.717) is 28.3 Å². The van der Waals surface area contributed by atoms with Gasteiger partial charge in [-0.1, -0.05) is 11.6 Å². The van der Waals surface area contributed by atoms with Crippen LogP contribution in [0.3, 0.4) is 0 Å². The minimum Gasteiger partial charge on any atom is -0.493 e. The number of hydrogen-bond donors (Lipinski definition) is 2. The molecule has 0 aliphatic heterocycles. The summed E-state index contributed by atoms with van der Waals surface area (Å²) in [6.07, 6.45) is 0. The van der Waals surface area contributed by atoms with Crippen LogP contribution in [0.4, 0.5) is 5.69 Å². The summed E-state index contributed by atoms with van der Waals surface area (Å²) in [5.41, 5.74) is 7.40. The number of hydrogen-bond acceptors (Lipinski definition) is 5. The molecule has 0 atom stereocenters. The summed E-state index contributed by atoms with van der Waals surface area (Å²) < 4.78 is 10.4. The van der Waals surface area contributed by atoms with Crippen molar-refractivity contribution < 1.29 is 14.6 Å². The number of nitrogens with zero attached hydrogens (tertiary/aromatic N) is 1. The van der Waals surface area contributed by atoms with Crippen molar-refractivity contribution in [3.8, 4) is 11.5 Å². The van der Waals surface area contributed by atoms with E-state index in [1.807, 2.05) is 0 Å². The van der Waals surface area contributed by atoms with Crippen LogP contribution in [0.2, 0.25) is 5.15 Å². The first-order valence-corrected chi connectivity index (χ1v) is 5.60. The Balaban J connectivity index is 2.81. The number of aromatic nitrogens is 1. The zero-order chi connectivity index (χ0) is 13.3. The van der Waals surface area contributed by atoms with Crippen molar-refractivity contribution >= 4 is 28.2 Å². The van der Waals surface area contributed by atoms with Gasteiger partial charge in [-0.25, -0.2) is 4.98 Å². The molecule has 0 bridgehead atoms. The molecule has 6 heteroatoms. The molecule has 0 saturated carbocycles. The van der Waals surface area contributed by atoms with Crippen molar-refractivity contribution in [3.63, 3.8) is 0 Å². The molecule has 1 aromatic carbocycles. The number of nitrogen functional groups attached to an aromatic ring is 1. The zero-order valence-electron chi connectivity index (χ0n) is 10.0. The van der Waals surface area contributed by atoms with E-state index in [0.717, 1.165) is 5.39 Å². The Hall–Kier alpha value is -1.72. The van der Waals surface area contributed by atoms with Gasteiger partial charge in [-0.2, -0.15) is 0 Å². The van der Waals surface area contributed by atoms with Gasteiger partial charge in [0.25, 0.3) is 0 Å². The van der Waals surface area contributed by atoms with Gasteiger partial charge in [0.2, 0.25) is 0 Å². The van der Waals surface area contributed by atoms with Crippen LogP contribution in [0.25, 0.3) is 10.9 Å². The number of fused-ring (bicyclic) bond motifs is 1. The van der Waals surface area contributed by atoms with Gasteiger partial charge in [-0.05, 0) is 12.1 Å². The normalized spacial score (nSPS) is 10.7. The molecule has 18 heavy (non-hydrogen) atoms. The second kappa shape index (κ2) is 4.88. The first-order chi connectivity index (χ1) is 8.62. The number of anilines is 1. The minimum atomic E-state index is -0.185. The SMILES string of the molecule is COc1cc2cc(CO)c(Cl)nc2c(N)c1OC. The summed E-state index contributed by atoms with van der Waals surface area (Å²) in [5, 5.41) is 10.1. The largest absolute Gasteiger partial charge is 0.493 e. The lowest BCUT2D eigenvalue weighted by molar-refractivity contribution is 0.281. The molecule has 0 fully saturated rings. The Kier molecular flexibility index (Phi) is 3.45. The highest BCUT2D eigenvalue weighted by Crippen LogP contribution is 2.39. The van der Waals surface area contributed by atoms with E-state index < -0.39 is 0 Å². The van der Waals surface area contributed by atoms with Crippen molar-refractivity contribution in [2.24, 2.45) is 0 Å². The fourth-order valence-electron chi connectivity index (χ4n) is 1.80. The molecule has 0 unspecified atom stereocenters. The summed E-state index contributed by atoms with van der Waals surface area (Å²) in [6, 6.07) is 3.47. The lowest BCUT2D eigenvalue weighted by Gasteiger charge is -2.13. The molecule has 96 valence electrons. The van der Waals surface area contributed by atoms with Crippen LogP contribution < -0.4 is 15.2 Å². The van der Waals surface area contributed by atoms with Crippen LogP contribution in [0.1, 0.15) is 5.56 Å². The third-order valence-electron chi connectivity index (χ3n) is 2.68. The molecule has 3 N–H and O–H groups in total. The van der Waals surface area contributed by atoms with Gasteiger partial charge >= 0.3 is 0 Å². The number of pyridine rings is 1. The highest BCUT2D eigenvalue weighted by Gasteiger charge is 2.15. The first-order valence-electron chi connectivity index (χ1n) is 5.22. The van der Waals surface area contributed by atoms with E-state index in [1.165, 1.54) is 14.2 Å². The molecule has 2 aromatic rings. The van der Waals surface area contributed by atoms with E-state index in [9.17, 15) is 0 Å². The summed E-state index contributed by atoms with van der Waals surface area (Å²) in [5.74, 6) is 0.931. The van der Waals surface area contributed by atoms with Crippen LogP contribution in [-0.2, 0) is 6.61 Å². The van der Waals surface area contributed by atoms with E-state index in [1.54, 1.807) is 12.1 Å². The van der Waals surface area contributed by atoms with Gasteiger partial charge in [-0.3, -0.25) is 0 Å². The van der Waals surface area contributed by atoms with Gasteiger partial charge in [0.05, 0.1) is 26.3 Å². The van der Waals surface area contributed by atoms with E-state index in [4.69, 9.17) is 31.9 Å². The molecule has 5 nitrogen and oxygen atoms in total. The van der Waals surface area contributed by atoms with Crippen LogP contribution in [0, 0.1) is 0 Å². The fraction of sp³-hybridized carbons (Fsp3) is 0.250. The molecule has 0 aliphatic rings. The lowest BCUT2D eigenvalue weighted by Crippen LogP contribution is -2.00. The van der Waals surface area contributed by atoms with Gasteiger partial charge in [0, 0.05) is 10.9 Å². The number of aliphatic hydroxyl groups excluding tert-OH is 1. The Morgan fingerprint density at radius 1 is 1.33 bits per heavy atom. The van der Waals surface area contributed by atoms with Crippen LogP contribution in [0.5, 0.6) is 11.5 Å². The van der Waals surface area contributed by atoms with E-state index in [-0.39, 0.29) is 11.8 Å². The maximum absolute atomic E-state index is 9.16. The second-order valence-corrected chi connectivity index (χ2v) is 4.05. The summed E-state index contributed by atoms with van der Waals surface area (Å²) in [7, 11) is 3.03. The van der Waals surface area contributed by atoms with Gasteiger partial charge in [0.1, 0.15) is 10.8 Å². The van der Waals surface area contributed by atoms with Crippen molar-refractivity contribution in [2.75, 3.05) is 20.0 Å². The molecule has 0 amide bonds. The maximum Gasteiger partial charge on any atom is 0.186 e. The highest BCUT2D eigenvalue weighted by molar-refractivity contribution is 6.30. The Labute approximate surface area is 109 Å². The molecule has 0 aliphatic carbocycles. The van der Waals surface area contributed by atoms with Crippen LogP contribution in [0.15, 0.2) is 12.1 Å². The number of methoxy groups -OCH3 is 2. The van der Waals surface area contributed by atoms with Gasteiger partial charge in [0.15, 0.2) is 11.5 Å². The Morgan fingerprint density at radius 2 is 2.06 bits per heavy atom. The topological polar surface area (TPSA) is 77.6 Å². The highest BCUT2D eigenvalue weighted by atomic mass is 35.5. The Bertz CT molecular complexity index is 602. The maximum atomic E-state index is 9.16. The quantitative estimate of drug-likeness (QED) is 0.657. The molecule has 1 aromatic heterocycles. The molecule has 0 radical (unpaired) electrons. The van der Waals surface area contributed by atoms with Crippen LogP contribution in [-0.4, -0.2) is 24.3 Å². The summed E-state index contributed by atoms with van der Waals surface area (Å²) >= 11 is 5.95. The predicted molar refractivity (Wildman–Crippen MR) is 70.2 cm³/mol. The summed E-state index contributed by atoms with van der Waals surface area (Å²) in [4.78, 5) is 4.17. The van der Waals surface area contributed by atoms with Crippen molar-refractivity contribution in [1.82, 2.24) is 4.98 Å². The molecule has 0 saturated heterocycles. The smallest absolute Gasteiger partial charge is 0.186 e. The zero-order valence-corrected chi connectivity index (χ0v) is 10.8. The third kappa shape index (κ3) is 1.91. The Morgan fingerprint density at radius 3 is 2.61 bits per heavy atom. The molecule has 0 spiro atoms.